The quantitative estimate of drug-likeness (QED) is 0.400. The Hall–Kier alpha value is -1.07. The van der Waals surface area contributed by atoms with Crippen molar-refractivity contribution in [3.63, 3.8) is 0 Å². The molecule has 5 heteroatoms. The fourth-order valence-electron chi connectivity index (χ4n) is 1.72. The van der Waals surface area contributed by atoms with Gasteiger partial charge < -0.3 is 18.9 Å². The van der Waals surface area contributed by atoms with E-state index in [4.69, 9.17) is 14.2 Å². The molecule has 2 aliphatic heterocycles. The van der Waals surface area contributed by atoms with Crippen molar-refractivity contribution in [3.8, 4) is 0 Å². The van der Waals surface area contributed by atoms with Crippen LogP contribution in [-0.4, -0.2) is 37.7 Å². The molecule has 2 fully saturated rings. The molecule has 2 rings (SSSR count). The van der Waals surface area contributed by atoms with Crippen LogP contribution in [0.15, 0.2) is 11.3 Å². The molecular formula is C11H16O5. The molecule has 5 nitrogen and oxygen atoms in total. The maximum absolute atomic E-state index is 11.4. The van der Waals surface area contributed by atoms with E-state index in [1.807, 2.05) is 0 Å². The van der Waals surface area contributed by atoms with Gasteiger partial charge in [-0.1, -0.05) is 0 Å². The number of rotatable bonds is 2. The van der Waals surface area contributed by atoms with E-state index in [-0.39, 0.29) is 12.2 Å². The minimum atomic E-state index is -0.721. The van der Waals surface area contributed by atoms with E-state index < -0.39 is 11.8 Å². The number of methoxy groups -OCH3 is 1. The lowest BCUT2D eigenvalue weighted by Gasteiger charge is -2.15. The summed E-state index contributed by atoms with van der Waals surface area (Å²) in [5.41, 5.74) is 0.438. The Labute approximate surface area is 94.3 Å². The van der Waals surface area contributed by atoms with Gasteiger partial charge in [0.1, 0.15) is 18.0 Å². The number of carbonyl (C=O) groups is 1. The first kappa shape index (κ1) is 11.4. The fourth-order valence-corrected chi connectivity index (χ4v) is 1.72. The fraction of sp³-hybridized carbons (Fsp3) is 0.727. The average molecular weight is 228 g/mol. The number of hydrogen-bond acceptors (Lipinski definition) is 5. The molecule has 2 atom stereocenters. The molecule has 0 unspecified atom stereocenters. The summed E-state index contributed by atoms with van der Waals surface area (Å²) in [5, 5.41) is 0. The van der Waals surface area contributed by atoms with Crippen LogP contribution in [0.25, 0.3) is 0 Å². The minimum Gasteiger partial charge on any atom is -0.466 e. The first-order valence-electron chi connectivity index (χ1n) is 5.22. The van der Waals surface area contributed by atoms with Crippen molar-refractivity contribution in [2.24, 2.45) is 0 Å². The second-order valence-corrected chi connectivity index (χ2v) is 4.39. The van der Waals surface area contributed by atoms with Gasteiger partial charge in [-0.15, -0.1) is 0 Å². The van der Waals surface area contributed by atoms with E-state index in [1.165, 1.54) is 7.11 Å². The highest BCUT2D eigenvalue weighted by Crippen LogP contribution is 2.38. The third-order valence-electron chi connectivity index (χ3n) is 2.58. The van der Waals surface area contributed by atoms with Gasteiger partial charge in [0.2, 0.25) is 5.79 Å². The van der Waals surface area contributed by atoms with Gasteiger partial charge in [-0.05, 0) is 6.92 Å². The van der Waals surface area contributed by atoms with E-state index in [9.17, 15) is 4.79 Å². The van der Waals surface area contributed by atoms with Gasteiger partial charge in [0.15, 0.2) is 0 Å². The Morgan fingerprint density at radius 2 is 2.12 bits per heavy atom. The molecule has 2 aliphatic rings. The van der Waals surface area contributed by atoms with Crippen LogP contribution in [0.1, 0.15) is 20.8 Å². The van der Waals surface area contributed by atoms with Crippen molar-refractivity contribution < 1.29 is 23.7 Å². The Kier molecular flexibility index (Phi) is 2.67. The van der Waals surface area contributed by atoms with Gasteiger partial charge >= 0.3 is 5.97 Å². The lowest BCUT2D eigenvalue weighted by atomic mass is 10.1. The predicted octanol–water partition coefficient (Wildman–Crippen LogP) is 0.984. The second-order valence-electron chi connectivity index (χ2n) is 4.39. The van der Waals surface area contributed by atoms with Gasteiger partial charge in [0.05, 0.1) is 19.3 Å². The Morgan fingerprint density at radius 1 is 1.50 bits per heavy atom. The zero-order valence-corrected chi connectivity index (χ0v) is 9.90. The number of carbonyl (C=O) groups excluding carboxylic acids is 1. The summed E-state index contributed by atoms with van der Waals surface area (Å²) < 4.78 is 21.2. The summed E-state index contributed by atoms with van der Waals surface area (Å²) in [4.78, 5) is 11.4. The van der Waals surface area contributed by atoms with E-state index in [2.05, 4.69) is 4.74 Å². The molecule has 0 amide bonds. The molecule has 0 N–H and O–H groups in total. The third-order valence-corrected chi connectivity index (χ3v) is 2.58. The van der Waals surface area contributed by atoms with Gasteiger partial charge in [-0.25, -0.2) is 4.79 Å². The number of esters is 1. The van der Waals surface area contributed by atoms with Crippen LogP contribution in [0.4, 0.5) is 0 Å². The molecule has 0 aromatic carbocycles. The summed E-state index contributed by atoms with van der Waals surface area (Å²) in [7, 11) is 1.34. The first-order chi connectivity index (χ1) is 7.44. The SMILES string of the molecule is COC(=O)C(C)=C1OC(C)(C)O[C@@H]1[C@H]1CO1. The topological polar surface area (TPSA) is 57.3 Å². The van der Waals surface area contributed by atoms with Crippen molar-refractivity contribution in [1.82, 2.24) is 0 Å². The summed E-state index contributed by atoms with van der Waals surface area (Å²) in [6, 6.07) is 0. The van der Waals surface area contributed by atoms with Crippen LogP contribution in [0.3, 0.4) is 0 Å². The number of ether oxygens (including phenoxy) is 4. The van der Waals surface area contributed by atoms with Gasteiger partial charge in [-0.2, -0.15) is 0 Å². The molecule has 0 spiro atoms. The molecule has 2 heterocycles. The van der Waals surface area contributed by atoms with Gasteiger partial charge in [0, 0.05) is 13.8 Å². The van der Waals surface area contributed by atoms with Gasteiger partial charge in [0.25, 0.3) is 0 Å². The standard InChI is InChI=1S/C11H16O5/c1-6(10(12)13-4)8-9(7-5-14-7)16-11(2,3)15-8/h7,9H,5H2,1-4H3/t7-,9-/m1/s1. The molecule has 0 saturated carbocycles. The average Bonchev–Trinajstić information content (AvgIpc) is 3.01. The predicted molar refractivity (Wildman–Crippen MR) is 54.5 cm³/mol. The number of hydrogen-bond donors (Lipinski definition) is 0. The minimum absolute atomic E-state index is 0.00335. The monoisotopic (exact) mass is 228 g/mol. The van der Waals surface area contributed by atoms with Crippen molar-refractivity contribution >= 4 is 5.97 Å². The number of epoxide rings is 1. The Morgan fingerprint density at radius 3 is 2.62 bits per heavy atom. The summed E-state index contributed by atoms with van der Waals surface area (Å²) in [6.07, 6.45) is -0.300. The highest BCUT2D eigenvalue weighted by atomic mass is 16.8. The zero-order chi connectivity index (χ0) is 11.9. The van der Waals surface area contributed by atoms with Crippen molar-refractivity contribution in [2.75, 3.05) is 13.7 Å². The molecule has 16 heavy (non-hydrogen) atoms. The van der Waals surface area contributed by atoms with Crippen LogP contribution in [0, 0.1) is 0 Å². The van der Waals surface area contributed by atoms with Crippen LogP contribution >= 0.6 is 0 Å². The highest BCUT2D eigenvalue weighted by molar-refractivity contribution is 5.88. The lowest BCUT2D eigenvalue weighted by molar-refractivity contribution is -0.138. The van der Waals surface area contributed by atoms with Crippen molar-refractivity contribution in [1.29, 1.82) is 0 Å². The van der Waals surface area contributed by atoms with Crippen LogP contribution in [-0.2, 0) is 23.7 Å². The summed E-state index contributed by atoms with van der Waals surface area (Å²) >= 11 is 0. The highest BCUT2D eigenvalue weighted by Gasteiger charge is 2.48. The van der Waals surface area contributed by atoms with E-state index in [1.54, 1.807) is 20.8 Å². The molecule has 0 aromatic rings. The van der Waals surface area contributed by atoms with Crippen LogP contribution in [0.2, 0.25) is 0 Å². The van der Waals surface area contributed by atoms with Crippen molar-refractivity contribution in [2.45, 2.75) is 38.8 Å². The molecular weight excluding hydrogens is 212 g/mol. The van der Waals surface area contributed by atoms with Crippen LogP contribution in [0.5, 0.6) is 0 Å². The smallest absolute Gasteiger partial charge is 0.336 e. The lowest BCUT2D eigenvalue weighted by Crippen LogP contribution is -2.24. The Balaban J connectivity index is 2.27. The maximum Gasteiger partial charge on any atom is 0.336 e. The third kappa shape index (κ3) is 2.05. The first-order valence-corrected chi connectivity index (χ1v) is 5.22. The molecule has 0 aromatic heterocycles. The van der Waals surface area contributed by atoms with E-state index in [0.29, 0.717) is 17.9 Å². The zero-order valence-electron chi connectivity index (χ0n) is 9.90. The molecule has 2 saturated heterocycles. The van der Waals surface area contributed by atoms with Gasteiger partial charge in [-0.3, -0.25) is 0 Å². The summed E-state index contributed by atoms with van der Waals surface area (Å²) in [5.74, 6) is -0.595. The van der Waals surface area contributed by atoms with E-state index in [0.717, 1.165) is 0 Å². The maximum atomic E-state index is 11.4. The Bertz CT molecular complexity index is 340. The van der Waals surface area contributed by atoms with Crippen molar-refractivity contribution in [3.05, 3.63) is 11.3 Å². The summed E-state index contributed by atoms with van der Waals surface area (Å²) in [6.45, 7) is 5.92. The molecule has 0 bridgehead atoms. The molecule has 0 aliphatic carbocycles. The second kappa shape index (κ2) is 3.75. The van der Waals surface area contributed by atoms with E-state index >= 15 is 0 Å². The van der Waals surface area contributed by atoms with Crippen LogP contribution < -0.4 is 0 Å². The normalized spacial score (nSPS) is 34.2. The molecule has 90 valence electrons. The molecule has 0 radical (unpaired) electrons. The largest absolute Gasteiger partial charge is 0.466 e.